The molecule has 0 amide bonds. The molecule has 0 bridgehead atoms. The molecule has 2 aromatic rings. The molecule has 0 fully saturated rings. The van der Waals surface area contributed by atoms with E-state index in [9.17, 15) is 0 Å². The number of hydrazine groups is 4. The highest BCUT2D eigenvalue weighted by Crippen LogP contribution is 1.76. The monoisotopic (exact) mass is 531 g/mol. The minimum Gasteiger partial charge on any atom is -0.356 e. The molecule has 0 atom stereocenters. The van der Waals surface area contributed by atoms with E-state index in [1.54, 1.807) is 23.5 Å². The summed E-state index contributed by atoms with van der Waals surface area (Å²) in [5, 5.41) is 59.6. The number of tetrazole rings is 2. The Bertz CT molecular complexity index is 848. The van der Waals surface area contributed by atoms with Gasteiger partial charge in [0.1, 0.15) is 17.5 Å². The largest absolute Gasteiger partial charge is 0.385 e. The molecular formula is C8H25N19O9. The molecule has 3 rings (SSSR count). The first-order chi connectivity index (χ1) is 16.3. The molecule has 28 heteroatoms. The van der Waals surface area contributed by atoms with Gasteiger partial charge in [-0.15, -0.1) is 14.9 Å². The van der Waals surface area contributed by atoms with Crippen LogP contribution >= 0.6 is 0 Å². The Balaban J connectivity index is -0.000000376. The second kappa shape index (κ2) is 17.8. The molecule has 1 aliphatic heterocycles. The fourth-order valence-corrected chi connectivity index (χ4v) is 1.23. The average molecular weight is 531 g/mol. The predicted octanol–water partition coefficient (Wildman–Crippen LogP) is -7.03. The number of nitrogens with zero attached hydrogens (tertiary/aromatic N) is 13. The zero-order chi connectivity index (χ0) is 29.2. The molecule has 3 heterocycles. The number of amidine groups is 1. The lowest BCUT2D eigenvalue weighted by molar-refractivity contribution is -0.737. The van der Waals surface area contributed by atoms with Crippen molar-refractivity contribution in [2.24, 2.45) is 19.9 Å². The van der Waals surface area contributed by atoms with Crippen molar-refractivity contribution < 1.29 is 29.3 Å². The van der Waals surface area contributed by atoms with E-state index in [4.69, 9.17) is 69.2 Å². The van der Waals surface area contributed by atoms with Crippen LogP contribution in [-0.2, 0) is 14.1 Å². The van der Waals surface area contributed by atoms with Crippen molar-refractivity contribution in [2.45, 2.75) is 13.8 Å². The minimum absolute atomic E-state index is 0.324. The van der Waals surface area contributed by atoms with E-state index in [1.807, 2.05) is 20.9 Å². The van der Waals surface area contributed by atoms with E-state index in [2.05, 4.69) is 31.8 Å². The number of anilines is 1. The molecule has 206 valence electrons. The Morgan fingerprint density at radius 3 is 1.22 bits per heavy atom. The molecular weight excluding hydrogens is 506 g/mol. The van der Waals surface area contributed by atoms with Crippen molar-refractivity contribution in [2.75, 3.05) is 24.5 Å². The van der Waals surface area contributed by atoms with Crippen LogP contribution in [0, 0.1) is 52.9 Å². The van der Waals surface area contributed by atoms with E-state index >= 15 is 0 Å². The van der Waals surface area contributed by atoms with Crippen molar-refractivity contribution in [1.29, 1.82) is 0 Å². The maximum atomic E-state index is 8.25. The van der Waals surface area contributed by atoms with E-state index in [0.717, 1.165) is 16.5 Å². The second-order valence-electron chi connectivity index (χ2n) is 5.40. The van der Waals surface area contributed by atoms with Crippen LogP contribution in [0.3, 0.4) is 0 Å². The SMILES string of the molecule is CC1=[N+](C)NN(N)N1.C[n+]1nnn(N)c1N.Cc1n(N)nn[n+]1C.O=[N+]([O-])[O-].O=[N+]([O-])[O-].O=[N+]([O-])[O-]. The third kappa shape index (κ3) is 20.2. The topological polar surface area (TPSA) is 402 Å². The van der Waals surface area contributed by atoms with Gasteiger partial charge in [0.25, 0.3) is 11.7 Å². The summed E-state index contributed by atoms with van der Waals surface area (Å²) < 4.78 is 4.75. The van der Waals surface area contributed by atoms with Crippen LogP contribution in [0.2, 0.25) is 0 Å². The maximum absolute atomic E-state index is 8.25. The lowest BCUT2D eigenvalue weighted by Gasteiger charge is -1.98. The van der Waals surface area contributed by atoms with Gasteiger partial charge in [0.15, 0.2) is 5.21 Å². The van der Waals surface area contributed by atoms with Gasteiger partial charge >= 0.3 is 5.95 Å². The normalized spacial score (nSPS) is 10.9. The van der Waals surface area contributed by atoms with Crippen molar-refractivity contribution in [1.82, 2.24) is 46.6 Å². The van der Waals surface area contributed by atoms with Gasteiger partial charge in [-0.3, -0.25) is 11.7 Å². The predicted molar refractivity (Wildman–Crippen MR) is 112 cm³/mol. The van der Waals surface area contributed by atoms with Crippen LogP contribution in [0.5, 0.6) is 0 Å². The summed E-state index contributed by atoms with van der Waals surface area (Å²) in [5.41, 5.74) is 10.8. The molecule has 0 spiro atoms. The molecule has 0 saturated carbocycles. The Hall–Kier alpha value is -5.67. The highest BCUT2D eigenvalue weighted by atomic mass is 16.9. The highest BCUT2D eigenvalue weighted by Gasteiger charge is 2.17. The first-order valence-corrected chi connectivity index (χ1v) is 8.29. The summed E-state index contributed by atoms with van der Waals surface area (Å²) in [6.45, 7) is 3.75. The van der Waals surface area contributed by atoms with Crippen LogP contribution < -0.4 is 43.6 Å². The number of nitrogens with two attached hydrogens (primary N) is 4. The van der Waals surface area contributed by atoms with Gasteiger partial charge in [-0.05, 0) is 0 Å². The van der Waals surface area contributed by atoms with E-state index in [1.165, 1.54) is 14.7 Å². The zero-order valence-electron chi connectivity index (χ0n) is 19.3. The van der Waals surface area contributed by atoms with Gasteiger partial charge in [-0.1, -0.05) is 0 Å². The summed E-state index contributed by atoms with van der Waals surface area (Å²) in [5.74, 6) is 17.8. The van der Waals surface area contributed by atoms with Gasteiger partial charge in [0.2, 0.25) is 0 Å². The lowest BCUT2D eigenvalue weighted by Crippen LogP contribution is -2.48. The fraction of sp³-hybridized carbons (Fsp3) is 0.625. The summed E-state index contributed by atoms with van der Waals surface area (Å²) in [6, 6.07) is 0. The second-order valence-corrected chi connectivity index (χ2v) is 5.40. The molecule has 28 nitrogen and oxygen atoms in total. The molecule has 10 N–H and O–H groups in total. The Kier molecular flexibility index (Phi) is 17.3. The summed E-state index contributed by atoms with van der Waals surface area (Å²) in [7, 11) is 5.31. The molecule has 0 aliphatic carbocycles. The lowest BCUT2D eigenvalue weighted by atomic mass is 10.7. The van der Waals surface area contributed by atoms with Crippen LogP contribution in [0.1, 0.15) is 12.7 Å². The maximum Gasteiger partial charge on any atom is 0.385 e. The van der Waals surface area contributed by atoms with Crippen molar-refractivity contribution in [3.63, 3.8) is 0 Å². The Morgan fingerprint density at radius 2 is 1.14 bits per heavy atom. The third-order valence-corrected chi connectivity index (χ3v) is 2.95. The summed E-state index contributed by atoms with van der Waals surface area (Å²) >= 11 is 0. The number of hydrazone groups is 1. The van der Waals surface area contributed by atoms with E-state index in [-0.39, 0.29) is 0 Å². The smallest absolute Gasteiger partial charge is 0.356 e. The van der Waals surface area contributed by atoms with Crippen LogP contribution in [0.4, 0.5) is 5.95 Å². The first kappa shape index (κ1) is 34.9. The summed E-state index contributed by atoms with van der Waals surface area (Å²) in [4.78, 5) is 27.0. The van der Waals surface area contributed by atoms with Gasteiger partial charge in [-0.2, -0.15) is 10.1 Å². The number of hydrogen-bond acceptors (Lipinski definition) is 20. The number of hydrogen-bond donors (Lipinski definition) is 6. The number of aromatic nitrogens is 8. The zero-order valence-corrected chi connectivity index (χ0v) is 19.3. The quantitative estimate of drug-likeness (QED) is 0.0795. The van der Waals surface area contributed by atoms with E-state index in [0.29, 0.717) is 5.95 Å². The first-order valence-electron chi connectivity index (χ1n) is 8.29. The standard InChI is InChI=1S/C3H8N5.C3H9N5.C2H6N6.3NO3/c1-3-7(2)5-6-8(3)4;1-3-5-8(4)6-7(3)2;1-7-2(3)8(4)6-5-7;3*2-1(3)4/h4H2,1-2H3;6H,4H2,1-2H3;3H,4H2,1H3;;;/q+1;;;3*-1/p+2. The van der Waals surface area contributed by atoms with Crippen molar-refractivity contribution >= 4 is 11.8 Å². The van der Waals surface area contributed by atoms with Gasteiger partial charge in [-0.25, -0.2) is 5.84 Å². The van der Waals surface area contributed by atoms with Gasteiger partial charge < -0.3 is 51.7 Å². The molecule has 1 aliphatic rings. The van der Waals surface area contributed by atoms with E-state index < -0.39 is 15.3 Å². The van der Waals surface area contributed by atoms with Gasteiger partial charge in [0.05, 0.1) is 34.6 Å². The van der Waals surface area contributed by atoms with Crippen molar-refractivity contribution in [3.05, 3.63) is 51.8 Å². The molecule has 36 heavy (non-hydrogen) atoms. The fourth-order valence-electron chi connectivity index (χ4n) is 1.23. The Morgan fingerprint density at radius 1 is 0.778 bits per heavy atom. The molecule has 2 aromatic heterocycles. The Labute approximate surface area is 198 Å². The number of nitrogen functional groups attached to an aromatic ring is 3. The molecule has 0 saturated heterocycles. The highest BCUT2D eigenvalue weighted by molar-refractivity contribution is 5.74. The minimum atomic E-state index is -1.75. The number of nitrogens with one attached hydrogen (secondary N) is 2. The average Bonchev–Trinajstić information content (AvgIpc) is 3.29. The van der Waals surface area contributed by atoms with Crippen molar-refractivity contribution in [3.8, 4) is 0 Å². The van der Waals surface area contributed by atoms with Gasteiger partial charge in [0, 0.05) is 28.7 Å². The third-order valence-electron chi connectivity index (χ3n) is 2.95. The van der Waals surface area contributed by atoms with Crippen LogP contribution in [0.25, 0.3) is 0 Å². The molecule has 0 unspecified atom stereocenters. The van der Waals surface area contributed by atoms with Crippen LogP contribution in [-0.4, -0.2) is 68.5 Å². The summed E-state index contributed by atoms with van der Waals surface area (Å²) in [6.07, 6.45) is 0. The van der Waals surface area contributed by atoms with Crippen LogP contribution in [0.15, 0.2) is 0 Å². The molecule has 0 radical (unpaired) electrons. The molecule has 0 aromatic carbocycles. The number of aryl methyl sites for hydroxylation is 2. The number of rotatable bonds is 0.